The Hall–Kier alpha value is -3.08. The molecule has 0 amide bonds. The molecule has 12 aliphatic rings. The van der Waals surface area contributed by atoms with Crippen LogP contribution < -0.4 is 0 Å². The molecule has 12 rings (SSSR count). The summed E-state index contributed by atoms with van der Waals surface area (Å²) < 4.78 is 90.2. The molecule has 5 aliphatic carbocycles. The van der Waals surface area contributed by atoms with E-state index in [1.165, 1.54) is 19.1 Å². The van der Waals surface area contributed by atoms with E-state index in [4.69, 9.17) is 71.1 Å². The lowest BCUT2D eigenvalue weighted by Crippen LogP contribution is -2.68. The van der Waals surface area contributed by atoms with Gasteiger partial charge in [-0.05, 0) is 129 Å². The number of allylic oxidation sites excluding steroid dienone is 3. The van der Waals surface area contributed by atoms with Gasteiger partial charge < -0.3 is 163 Å². The monoisotopic (exact) mass is 1610 g/mol. The predicted molar refractivity (Wildman–Crippen MR) is 378 cm³/mol. The SMILES string of the molecule is C=CC(C)(O)CC/C=C(\C)C(=O)OC1C(O)C(CO)OC(OC(=O)C23CCC(C)(C)CC2C2=CCC4C5(C)CCC(OC6OC(COC7OCC(O)C(O)C7OC7OCC(O)C(O)C7O)C(O)C(O)C6O)C(C)(C)C5CCC4(C)C2(C)CC3O)C1OC1CC(O)C(OC2OCC(O)C(OC3OCC(O)C(O)C3O)C2O)CO1. The number of aliphatic hydroxyl groups excluding tert-OH is 17. The van der Waals surface area contributed by atoms with E-state index in [-0.39, 0.29) is 53.9 Å². The standard InChI is InChI=1S/C77H122O35/c1-11-73(7,97)18-12-13-33(2)63(95)109-60-53(89)41(26-78)104-69(62(60)108-48-23-36(79)42(31-98-48)105-66-58(94)59(40(83)30-101-66)110-64-55(91)49(85)37(80)27-99-64)112-70(96)77-22-21-71(3,4)24-35(77)34-14-15-45-74(8)19-17-47(72(5,6)44(74)16-20-75(45,9)76(34,10)25-46(77)84)107-67-57(93)54(90)52(88)43(106-67)32-103-68-61(51(87)39(82)29-102-68)111-65-56(92)50(86)38(81)28-100-65/h11,13-14,35-62,64-69,78-94,97H,1,12,15-32H2,2-10H3/b33-13+. The lowest BCUT2D eigenvalue weighted by molar-refractivity contribution is -0.357. The molecule has 7 heterocycles. The minimum atomic E-state index is -1.92. The highest BCUT2D eigenvalue weighted by Gasteiger charge is 2.73. The van der Waals surface area contributed by atoms with Crippen LogP contribution in [0.2, 0.25) is 0 Å². The van der Waals surface area contributed by atoms with E-state index < -0.39 is 288 Å². The average molecular weight is 1610 g/mol. The zero-order valence-corrected chi connectivity index (χ0v) is 65.0. The van der Waals surface area contributed by atoms with Crippen molar-refractivity contribution in [2.45, 2.75) is 335 Å². The molecule has 0 aromatic carbocycles. The Kier molecular flexibility index (Phi) is 26.9. The van der Waals surface area contributed by atoms with Crippen molar-refractivity contribution in [1.29, 1.82) is 0 Å². The second-order valence-electron chi connectivity index (χ2n) is 35.8. The first-order chi connectivity index (χ1) is 52.6. The van der Waals surface area contributed by atoms with Crippen LogP contribution >= 0.6 is 0 Å². The van der Waals surface area contributed by atoms with Crippen molar-refractivity contribution in [1.82, 2.24) is 0 Å². The molecule has 0 radical (unpaired) electrons. The number of carbonyl (C=O) groups is 2. The Morgan fingerprint density at radius 2 is 1.16 bits per heavy atom. The minimum Gasteiger partial charge on any atom is -0.453 e. The summed E-state index contributed by atoms with van der Waals surface area (Å²) in [6.45, 7) is 18.2. The van der Waals surface area contributed by atoms with Crippen molar-refractivity contribution >= 4 is 11.9 Å². The Bertz CT molecular complexity index is 3290. The van der Waals surface area contributed by atoms with Crippen LogP contribution in [-0.4, -0.2) is 346 Å². The Balaban J connectivity index is 0.761. The summed E-state index contributed by atoms with van der Waals surface area (Å²) in [4.78, 5) is 30.4. The molecular weight excluding hydrogens is 1480 g/mol. The Morgan fingerprint density at radius 3 is 1.79 bits per heavy atom. The van der Waals surface area contributed by atoms with Crippen molar-refractivity contribution in [3.8, 4) is 0 Å². The lowest BCUT2D eigenvalue weighted by atomic mass is 9.33. The molecule has 39 unspecified atom stereocenters. The van der Waals surface area contributed by atoms with Gasteiger partial charge in [0.15, 0.2) is 49.9 Å². The van der Waals surface area contributed by atoms with Gasteiger partial charge in [-0.3, -0.25) is 4.79 Å². The maximum absolute atomic E-state index is 16.1. The molecule has 112 heavy (non-hydrogen) atoms. The number of hydrogen-bond donors (Lipinski definition) is 18. The number of esters is 2. The molecule has 4 saturated carbocycles. The maximum Gasteiger partial charge on any atom is 0.333 e. The number of aliphatic hydroxyl groups is 18. The first-order valence-corrected chi connectivity index (χ1v) is 39.5. The molecule has 11 fully saturated rings. The molecule has 0 aromatic rings. The molecule has 35 nitrogen and oxygen atoms in total. The van der Waals surface area contributed by atoms with Crippen LogP contribution in [0.1, 0.15) is 139 Å². The van der Waals surface area contributed by atoms with E-state index in [1.807, 2.05) is 0 Å². The van der Waals surface area contributed by atoms with Gasteiger partial charge in [-0.15, -0.1) is 6.58 Å². The van der Waals surface area contributed by atoms with E-state index in [0.29, 0.717) is 44.9 Å². The van der Waals surface area contributed by atoms with Crippen molar-refractivity contribution < 1.29 is 173 Å². The smallest absolute Gasteiger partial charge is 0.333 e. The Morgan fingerprint density at radius 1 is 0.562 bits per heavy atom. The highest BCUT2D eigenvalue weighted by Crippen LogP contribution is 2.76. The van der Waals surface area contributed by atoms with Gasteiger partial charge in [0.25, 0.3) is 0 Å². The number of rotatable bonds is 22. The number of ether oxygens (including phenoxy) is 15. The van der Waals surface area contributed by atoms with Crippen LogP contribution in [0, 0.1) is 50.2 Å². The third kappa shape index (κ3) is 16.7. The van der Waals surface area contributed by atoms with Crippen LogP contribution in [0.15, 0.2) is 36.0 Å². The summed E-state index contributed by atoms with van der Waals surface area (Å²) in [5.74, 6) is -2.49. The highest BCUT2D eigenvalue weighted by atomic mass is 16.8. The number of carbonyl (C=O) groups excluding carboxylic acids is 2. The summed E-state index contributed by atoms with van der Waals surface area (Å²) in [6.07, 6.45) is -39.5. The van der Waals surface area contributed by atoms with Crippen LogP contribution in [0.25, 0.3) is 0 Å². The fourth-order valence-electron chi connectivity index (χ4n) is 20.6. The van der Waals surface area contributed by atoms with E-state index in [1.54, 1.807) is 6.92 Å². The molecule has 18 N–H and O–H groups in total. The fourth-order valence-corrected chi connectivity index (χ4v) is 20.6. The second kappa shape index (κ2) is 34.2. The van der Waals surface area contributed by atoms with Crippen molar-refractivity contribution in [3.05, 3.63) is 36.0 Å². The Labute approximate surface area is 650 Å². The maximum atomic E-state index is 16.1. The van der Waals surface area contributed by atoms with Gasteiger partial charge >= 0.3 is 11.9 Å². The molecule has 7 saturated heterocycles. The zero-order valence-electron chi connectivity index (χ0n) is 65.0. The minimum absolute atomic E-state index is 0.00211. The fraction of sp³-hybridized carbons (Fsp3) is 0.896. The summed E-state index contributed by atoms with van der Waals surface area (Å²) in [5, 5.41) is 198. The van der Waals surface area contributed by atoms with Crippen LogP contribution in [0.3, 0.4) is 0 Å². The molecule has 39 atom stereocenters. The first kappa shape index (κ1) is 88.2. The summed E-state index contributed by atoms with van der Waals surface area (Å²) in [7, 11) is 0. The summed E-state index contributed by atoms with van der Waals surface area (Å²) in [5.41, 5.74) is -4.48. The van der Waals surface area contributed by atoms with E-state index in [0.717, 1.165) is 5.57 Å². The van der Waals surface area contributed by atoms with E-state index in [9.17, 15) is 96.7 Å². The molecule has 640 valence electrons. The number of fused-ring (bicyclic) bond motifs is 7. The summed E-state index contributed by atoms with van der Waals surface area (Å²) in [6, 6.07) is 0. The highest BCUT2D eigenvalue weighted by molar-refractivity contribution is 5.88. The second-order valence-corrected chi connectivity index (χ2v) is 35.8. The molecule has 0 aromatic heterocycles. The third-order valence-corrected chi connectivity index (χ3v) is 27.8. The normalized spacial score (nSPS) is 50.2. The van der Waals surface area contributed by atoms with Gasteiger partial charge in [-0.1, -0.05) is 72.3 Å². The molecular formula is C77H122O35. The average Bonchev–Trinajstić information content (AvgIpc) is 0.670. The topological polar surface area (TPSA) is 537 Å². The third-order valence-electron chi connectivity index (χ3n) is 27.8. The lowest BCUT2D eigenvalue weighted by Gasteiger charge is -2.71. The summed E-state index contributed by atoms with van der Waals surface area (Å²) >= 11 is 0. The van der Waals surface area contributed by atoms with E-state index in [2.05, 4.69) is 61.1 Å². The van der Waals surface area contributed by atoms with Gasteiger partial charge in [0.1, 0.15) is 121 Å². The molecule has 7 aliphatic heterocycles. The van der Waals surface area contributed by atoms with Gasteiger partial charge in [0.2, 0.25) is 6.29 Å². The predicted octanol–water partition coefficient (Wildman–Crippen LogP) is -3.15. The first-order valence-electron chi connectivity index (χ1n) is 39.5. The van der Waals surface area contributed by atoms with Crippen LogP contribution in [0.5, 0.6) is 0 Å². The van der Waals surface area contributed by atoms with E-state index >= 15 is 4.79 Å². The zero-order chi connectivity index (χ0) is 81.6. The van der Waals surface area contributed by atoms with Crippen LogP contribution in [-0.2, 0) is 80.6 Å². The molecule has 0 spiro atoms. The van der Waals surface area contributed by atoms with Gasteiger partial charge in [-0.25, -0.2) is 4.79 Å². The largest absolute Gasteiger partial charge is 0.453 e. The molecule has 0 bridgehead atoms. The number of hydrogen-bond acceptors (Lipinski definition) is 35. The van der Waals surface area contributed by atoms with Crippen LogP contribution in [0.4, 0.5) is 0 Å². The van der Waals surface area contributed by atoms with Crippen molar-refractivity contribution in [2.24, 2.45) is 50.2 Å². The quantitative estimate of drug-likeness (QED) is 0.0220. The van der Waals surface area contributed by atoms with Gasteiger partial charge in [0.05, 0.1) is 70.2 Å². The van der Waals surface area contributed by atoms with Crippen molar-refractivity contribution in [2.75, 3.05) is 46.2 Å². The van der Waals surface area contributed by atoms with Gasteiger partial charge in [-0.2, -0.15) is 0 Å². The van der Waals surface area contributed by atoms with Crippen molar-refractivity contribution in [3.63, 3.8) is 0 Å². The molecule has 35 heteroatoms. The van der Waals surface area contributed by atoms with Gasteiger partial charge in [0, 0.05) is 12.0 Å².